The monoisotopic (exact) mass is 262 g/mol. The van der Waals surface area contributed by atoms with Crippen LogP contribution >= 0.6 is 11.6 Å². The van der Waals surface area contributed by atoms with Gasteiger partial charge in [0.05, 0.1) is 9.95 Å². The number of para-hydroxylation sites is 2. The van der Waals surface area contributed by atoms with Crippen molar-refractivity contribution in [3.05, 3.63) is 70.1 Å². The summed E-state index contributed by atoms with van der Waals surface area (Å²) in [5.74, 6) is 0.467. The minimum Gasteiger partial charge on any atom is -0.448 e. The van der Waals surface area contributed by atoms with Crippen LogP contribution in [0.3, 0.4) is 0 Å². The van der Waals surface area contributed by atoms with Gasteiger partial charge in [0.2, 0.25) is 5.75 Å². The fourth-order valence-electron chi connectivity index (χ4n) is 1.47. The summed E-state index contributed by atoms with van der Waals surface area (Å²) < 4.78 is 5.50. The number of rotatable bonds is 3. The van der Waals surface area contributed by atoms with Gasteiger partial charge in [0.1, 0.15) is 5.75 Å². The van der Waals surface area contributed by atoms with Gasteiger partial charge in [0.15, 0.2) is 0 Å². The van der Waals surface area contributed by atoms with Crippen LogP contribution in [0.15, 0.2) is 42.5 Å². The Morgan fingerprint density at radius 1 is 1.17 bits per heavy atom. The van der Waals surface area contributed by atoms with E-state index in [1.54, 1.807) is 36.4 Å². The summed E-state index contributed by atoms with van der Waals surface area (Å²) >= 11 is 5.94. The molecule has 0 bridgehead atoms. The summed E-state index contributed by atoms with van der Waals surface area (Å²) in [4.78, 5) is 10.4. The molecule has 0 aliphatic heterocycles. The normalized spacial score (nSPS) is 10.1. The minimum absolute atomic E-state index is 0.107. The molecule has 0 heterocycles. The fraction of sp³-hybridized carbons (Fsp3) is 0. The fourth-order valence-corrected chi connectivity index (χ4v) is 1.64. The van der Waals surface area contributed by atoms with E-state index in [2.05, 4.69) is 6.92 Å². The molecule has 0 aliphatic rings. The van der Waals surface area contributed by atoms with Crippen LogP contribution in [0, 0.1) is 17.0 Å². The molecule has 2 aromatic carbocycles. The maximum Gasteiger partial charge on any atom is 0.311 e. The highest BCUT2D eigenvalue weighted by atomic mass is 35.5. The minimum atomic E-state index is -0.513. The van der Waals surface area contributed by atoms with Crippen LogP contribution in [0.4, 0.5) is 5.69 Å². The molecule has 91 valence electrons. The standard InChI is InChI=1S/C13H9ClNO3/c1-9-5-4-7-11(15(16)17)13(9)18-12-8-3-2-6-10(12)14/h2-8H,1H2. The van der Waals surface area contributed by atoms with E-state index in [0.29, 0.717) is 16.3 Å². The molecule has 4 nitrogen and oxygen atoms in total. The van der Waals surface area contributed by atoms with Gasteiger partial charge in [-0.25, -0.2) is 0 Å². The molecule has 0 saturated heterocycles. The van der Waals surface area contributed by atoms with Crippen LogP contribution in [0.5, 0.6) is 11.5 Å². The third kappa shape index (κ3) is 2.43. The largest absolute Gasteiger partial charge is 0.448 e. The van der Waals surface area contributed by atoms with Gasteiger partial charge in [0, 0.05) is 11.6 Å². The second-order valence-electron chi connectivity index (χ2n) is 3.55. The molecular weight excluding hydrogens is 254 g/mol. The molecule has 0 atom stereocenters. The number of halogens is 1. The van der Waals surface area contributed by atoms with E-state index in [9.17, 15) is 10.1 Å². The van der Waals surface area contributed by atoms with Gasteiger partial charge in [-0.15, -0.1) is 0 Å². The topological polar surface area (TPSA) is 52.4 Å². The van der Waals surface area contributed by atoms with Crippen molar-refractivity contribution in [2.45, 2.75) is 0 Å². The predicted molar refractivity (Wildman–Crippen MR) is 69.1 cm³/mol. The van der Waals surface area contributed by atoms with Crippen molar-refractivity contribution in [3.63, 3.8) is 0 Å². The van der Waals surface area contributed by atoms with Crippen molar-refractivity contribution < 1.29 is 9.66 Å². The molecule has 1 radical (unpaired) electrons. The zero-order valence-corrected chi connectivity index (χ0v) is 10.1. The highest BCUT2D eigenvalue weighted by molar-refractivity contribution is 6.32. The smallest absolute Gasteiger partial charge is 0.311 e. The van der Waals surface area contributed by atoms with Crippen molar-refractivity contribution >= 4 is 17.3 Å². The van der Waals surface area contributed by atoms with Crippen LogP contribution in [-0.4, -0.2) is 4.92 Å². The van der Waals surface area contributed by atoms with Crippen LogP contribution in [0.25, 0.3) is 0 Å². The number of nitrogens with zero attached hydrogens (tertiary/aromatic N) is 1. The molecule has 0 unspecified atom stereocenters. The van der Waals surface area contributed by atoms with E-state index in [1.165, 1.54) is 6.07 Å². The van der Waals surface area contributed by atoms with E-state index in [4.69, 9.17) is 16.3 Å². The lowest BCUT2D eigenvalue weighted by Gasteiger charge is -2.09. The lowest BCUT2D eigenvalue weighted by molar-refractivity contribution is -0.385. The molecule has 0 spiro atoms. The number of nitro groups is 1. The Morgan fingerprint density at radius 3 is 2.56 bits per heavy atom. The Balaban J connectivity index is 2.46. The van der Waals surface area contributed by atoms with Gasteiger partial charge in [-0.1, -0.05) is 35.9 Å². The lowest BCUT2D eigenvalue weighted by atomic mass is 10.2. The molecule has 18 heavy (non-hydrogen) atoms. The summed E-state index contributed by atoms with van der Waals surface area (Å²) in [6, 6.07) is 11.3. The van der Waals surface area contributed by atoms with Gasteiger partial charge in [0.25, 0.3) is 0 Å². The van der Waals surface area contributed by atoms with E-state index >= 15 is 0 Å². The first-order valence-electron chi connectivity index (χ1n) is 5.11. The lowest BCUT2D eigenvalue weighted by Crippen LogP contribution is -1.95. The summed E-state index contributed by atoms with van der Waals surface area (Å²) in [6.07, 6.45) is 0. The van der Waals surface area contributed by atoms with Crippen molar-refractivity contribution in [1.29, 1.82) is 0 Å². The number of ether oxygens (including phenoxy) is 1. The first-order valence-corrected chi connectivity index (χ1v) is 5.49. The number of benzene rings is 2. The zero-order valence-electron chi connectivity index (χ0n) is 9.30. The molecule has 0 amide bonds. The van der Waals surface area contributed by atoms with Crippen LogP contribution < -0.4 is 4.74 Å². The van der Waals surface area contributed by atoms with E-state index in [-0.39, 0.29) is 11.4 Å². The average molecular weight is 263 g/mol. The second kappa shape index (κ2) is 5.06. The van der Waals surface area contributed by atoms with E-state index < -0.39 is 4.92 Å². The van der Waals surface area contributed by atoms with E-state index in [0.717, 1.165) is 0 Å². The number of nitro benzene ring substituents is 1. The van der Waals surface area contributed by atoms with Gasteiger partial charge in [-0.2, -0.15) is 0 Å². The maximum atomic E-state index is 10.9. The van der Waals surface area contributed by atoms with Crippen LogP contribution in [0.2, 0.25) is 5.02 Å². The first-order chi connectivity index (χ1) is 8.59. The summed E-state index contributed by atoms with van der Waals surface area (Å²) in [6.45, 7) is 3.72. The van der Waals surface area contributed by atoms with Crippen molar-refractivity contribution in [3.8, 4) is 11.5 Å². The van der Waals surface area contributed by atoms with Crippen LogP contribution in [0.1, 0.15) is 5.56 Å². The van der Waals surface area contributed by atoms with Crippen LogP contribution in [-0.2, 0) is 0 Å². The molecule has 2 aromatic rings. The Kier molecular flexibility index (Phi) is 3.48. The molecule has 5 heteroatoms. The second-order valence-corrected chi connectivity index (χ2v) is 3.96. The summed E-state index contributed by atoms with van der Waals surface area (Å²) in [5, 5.41) is 11.3. The highest BCUT2D eigenvalue weighted by Gasteiger charge is 2.18. The molecule has 0 N–H and O–H groups in total. The zero-order chi connectivity index (χ0) is 13.1. The molecule has 2 rings (SSSR count). The molecule has 0 aliphatic carbocycles. The Labute approximate surface area is 109 Å². The van der Waals surface area contributed by atoms with Crippen molar-refractivity contribution in [2.75, 3.05) is 0 Å². The Morgan fingerprint density at radius 2 is 1.89 bits per heavy atom. The predicted octanol–water partition coefficient (Wildman–Crippen LogP) is 4.22. The summed E-state index contributed by atoms with van der Waals surface area (Å²) in [5.41, 5.74) is 0.298. The average Bonchev–Trinajstić information content (AvgIpc) is 2.34. The molecule has 0 fully saturated rings. The quantitative estimate of drug-likeness (QED) is 0.615. The first kappa shape index (κ1) is 12.4. The van der Waals surface area contributed by atoms with Gasteiger partial charge in [-0.3, -0.25) is 10.1 Å². The third-order valence-electron chi connectivity index (χ3n) is 2.32. The summed E-state index contributed by atoms with van der Waals surface area (Å²) in [7, 11) is 0. The molecule has 0 saturated carbocycles. The molecule has 0 aromatic heterocycles. The highest BCUT2D eigenvalue weighted by Crippen LogP contribution is 2.36. The van der Waals surface area contributed by atoms with Crippen molar-refractivity contribution in [1.82, 2.24) is 0 Å². The van der Waals surface area contributed by atoms with Gasteiger partial charge in [-0.05, 0) is 19.1 Å². The Bertz CT molecular complexity index is 599. The number of hydrogen-bond acceptors (Lipinski definition) is 3. The maximum absolute atomic E-state index is 10.9. The Hall–Kier alpha value is -2.07. The van der Waals surface area contributed by atoms with E-state index in [1.807, 2.05) is 0 Å². The number of hydrogen-bond donors (Lipinski definition) is 0. The third-order valence-corrected chi connectivity index (χ3v) is 2.63. The van der Waals surface area contributed by atoms with Crippen molar-refractivity contribution in [2.24, 2.45) is 0 Å². The molecular formula is C13H9ClNO3. The van der Waals surface area contributed by atoms with Gasteiger partial charge < -0.3 is 4.74 Å². The SMILES string of the molecule is [CH2]c1cccc([N+](=O)[O-])c1Oc1ccccc1Cl. The van der Waals surface area contributed by atoms with Gasteiger partial charge >= 0.3 is 5.69 Å².